The molecule has 2 aromatic rings. The molecule has 0 unspecified atom stereocenters. The van der Waals surface area contributed by atoms with Gasteiger partial charge in [-0.1, -0.05) is 0 Å². The quantitative estimate of drug-likeness (QED) is 0.942. The fraction of sp³-hybridized carbons (Fsp3) is 0.231. The highest BCUT2D eigenvalue weighted by molar-refractivity contribution is 5.93. The summed E-state index contributed by atoms with van der Waals surface area (Å²) in [6.07, 6.45) is -0.694. The van der Waals surface area contributed by atoms with Crippen LogP contribution in [0.1, 0.15) is 27.4 Å². The van der Waals surface area contributed by atoms with Crippen molar-refractivity contribution in [2.45, 2.75) is 19.6 Å². The van der Waals surface area contributed by atoms with E-state index in [1.165, 1.54) is 12.4 Å². The number of carbonyl (C=O) groups excluding carboxylic acids is 1. The van der Waals surface area contributed by atoms with Gasteiger partial charge in [0.05, 0.1) is 23.4 Å². The van der Waals surface area contributed by atoms with Gasteiger partial charge in [-0.15, -0.1) is 0 Å². The normalized spacial score (nSPS) is 11.2. The van der Waals surface area contributed by atoms with Crippen LogP contribution < -0.4 is 5.32 Å². The van der Waals surface area contributed by atoms with Crippen LogP contribution in [0.5, 0.6) is 0 Å². The molecule has 2 rings (SSSR count). The van der Waals surface area contributed by atoms with Crippen molar-refractivity contribution in [3.63, 3.8) is 0 Å². The van der Waals surface area contributed by atoms with Crippen LogP contribution in [0.4, 0.5) is 13.2 Å². The molecule has 0 bridgehead atoms. The van der Waals surface area contributed by atoms with Crippen LogP contribution >= 0.6 is 0 Å². The summed E-state index contributed by atoms with van der Waals surface area (Å²) in [6, 6.07) is 1.77. The molecule has 0 spiro atoms. The highest BCUT2D eigenvalue weighted by Gasteiger charge is 2.30. The fourth-order valence-corrected chi connectivity index (χ4v) is 1.53. The lowest BCUT2D eigenvalue weighted by atomic mass is 10.2. The number of carbonyl (C=O) groups is 1. The molecule has 0 aliphatic rings. The molecule has 0 aliphatic carbocycles. The van der Waals surface area contributed by atoms with Gasteiger partial charge in [0.15, 0.2) is 0 Å². The van der Waals surface area contributed by atoms with Crippen molar-refractivity contribution in [1.82, 2.24) is 20.3 Å². The van der Waals surface area contributed by atoms with E-state index in [4.69, 9.17) is 0 Å². The summed E-state index contributed by atoms with van der Waals surface area (Å²) in [6.45, 7) is 1.56. The van der Waals surface area contributed by atoms with Crippen LogP contribution in [0.3, 0.4) is 0 Å². The summed E-state index contributed by atoms with van der Waals surface area (Å²) in [5.74, 6) is 0.0420. The van der Waals surface area contributed by atoms with Gasteiger partial charge in [0.2, 0.25) is 0 Å². The highest BCUT2D eigenvalue weighted by atomic mass is 19.4. The molecule has 21 heavy (non-hydrogen) atoms. The second-order valence-corrected chi connectivity index (χ2v) is 4.24. The predicted octanol–water partition coefficient (Wildman–Crippen LogP) is 2.13. The van der Waals surface area contributed by atoms with E-state index in [1.54, 1.807) is 6.92 Å². The van der Waals surface area contributed by atoms with Crippen molar-refractivity contribution in [2.24, 2.45) is 0 Å². The largest absolute Gasteiger partial charge is 0.416 e. The van der Waals surface area contributed by atoms with E-state index in [-0.39, 0.29) is 17.8 Å². The Morgan fingerprint density at radius 1 is 1.24 bits per heavy atom. The van der Waals surface area contributed by atoms with Crippen LogP contribution in [0.25, 0.3) is 0 Å². The predicted molar refractivity (Wildman–Crippen MR) is 67.2 cm³/mol. The van der Waals surface area contributed by atoms with Gasteiger partial charge in [-0.2, -0.15) is 13.2 Å². The Bertz CT molecular complexity index is 641. The summed E-state index contributed by atoms with van der Waals surface area (Å²) in [5, 5.41) is 2.46. The van der Waals surface area contributed by atoms with E-state index in [2.05, 4.69) is 20.3 Å². The average Bonchev–Trinajstić information content (AvgIpc) is 2.45. The van der Waals surface area contributed by atoms with Gasteiger partial charge in [-0.25, -0.2) is 9.97 Å². The molecule has 0 fully saturated rings. The van der Waals surface area contributed by atoms with Crippen molar-refractivity contribution in [1.29, 1.82) is 0 Å². The molecule has 0 aliphatic heterocycles. The van der Waals surface area contributed by atoms with E-state index >= 15 is 0 Å². The van der Waals surface area contributed by atoms with Gasteiger partial charge in [0, 0.05) is 18.6 Å². The van der Waals surface area contributed by atoms with Crippen LogP contribution in [-0.4, -0.2) is 20.9 Å². The third-order valence-corrected chi connectivity index (χ3v) is 2.62. The van der Waals surface area contributed by atoms with Crippen LogP contribution in [-0.2, 0) is 12.7 Å². The van der Waals surface area contributed by atoms with Gasteiger partial charge in [-0.3, -0.25) is 9.78 Å². The molecule has 2 heterocycles. The SMILES string of the molecule is Cc1ncc(C(=O)NCc2cc(C(F)(F)F)ccn2)cn1. The summed E-state index contributed by atoms with van der Waals surface area (Å²) in [7, 11) is 0. The van der Waals surface area contributed by atoms with Crippen molar-refractivity contribution in [3.8, 4) is 0 Å². The first kappa shape index (κ1) is 14.9. The van der Waals surface area contributed by atoms with Gasteiger partial charge in [-0.05, 0) is 19.1 Å². The molecule has 0 saturated heterocycles. The molecule has 0 saturated carbocycles. The monoisotopic (exact) mass is 296 g/mol. The Balaban J connectivity index is 2.03. The van der Waals surface area contributed by atoms with Crippen LogP contribution in [0.2, 0.25) is 0 Å². The van der Waals surface area contributed by atoms with Crippen molar-refractivity contribution >= 4 is 5.91 Å². The molecule has 8 heteroatoms. The van der Waals surface area contributed by atoms with Crippen LogP contribution in [0, 0.1) is 6.92 Å². The summed E-state index contributed by atoms with van der Waals surface area (Å²) in [4.78, 5) is 23.3. The molecular weight excluding hydrogens is 285 g/mol. The number of hydrogen-bond donors (Lipinski definition) is 1. The summed E-state index contributed by atoms with van der Waals surface area (Å²) < 4.78 is 37.6. The molecule has 5 nitrogen and oxygen atoms in total. The molecular formula is C13H11F3N4O. The van der Waals surface area contributed by atoms with E-state index in [9.17, 15) is 18.0 Å². The lowest BCUT2D eigenvalue weighted by Gasteiger charge is -2.08. The third-order valence-electron chi connectivity index (χ3n) is 2.62. The van der Waals surface area contributed by atoms with E-state index in [0.717, 1.165) is 18.3 Å². The summed E-state index contributed by atoms with van der Waals surface area (Å²) >= 11 is 0. The first-order valence-corrected chi connectivity index (χ1v) is 5.95. The smallest absolute Gasteiger partial charge is 0.346 e. The molecule has 0 radical (unpaired) electrons. The number of alkyl halides is 3. The minimum Gasteiger partial charge on any atom is -0.346 e. The van der Waals surface area contributed by atoms with Crippen molar-refractivity contribution in [3.05, 3.63) is 53.4 Å². The number of hydrogen-bond acceptors (Lipinski definition) is 4. The zero-order chi connectivity index (χ0) is 15.5. The minimum absolute atomic E-state index is 0.114. The lowest BCUT2D eigenvalue weighted by Crippen LogP contribution is -2.24. The molecule has 110 valence electrons. The number of amides is 1. The Morgan fingerprint density at radius 3 is 2.52 bits per heavy atom. The maximum absolute atomic E-state index is 12.5. The first-order valence-electron chi connectivity index (χ1n) is 5.95. The van der Waals surface area contributed by atoms with E-state index in [0.29, 0.717) is 5.82 Å². The number of nitrogens with one attached hydrogen (secondary N) is 1. The third kappa shape index (κ3) is 3.98. The highest BCUT2D eigenvalue weighted by Crippen LogP contribution is 2.28. The maximum Gasteiger partial charge on any atom is 0.416 e. The Kier molecular flexibility index (Phi) is 4.15. The molecule has 2 aromatic heterocycles. The number of rotatable bonds is 3. The van der Waals surface area contributed by atoms with Crippen LogP contribution in [0.15, 0.2) is 30.7 Å². The fourth-order valence-electron chi connectivity index (χ4n) is 1.53. The molecule has 1 amide bonds. The van der Waals surface area contributed by atoms with Gasteiger partial charge in [0.1, 0.15) is 5.82 Å². The standard InChI is InChI=1S/C13H11F3N4O/c1-8-18-5-9(6-19-8)12(21)20-7-11-4-10(2-3-17-11)13(14,15)16/h2-6H,7H2,1H3,(H,20,21). The first-order chi connectivity index (χ1) is 9.86. The Labute approximate surface area is 118 Å². The molecule has 1 N–H and O–H groups in total. The lowest BCUT2D eigenvalue weighted by molar-refractivity contribution is -0.137. The number of aromatic nitrogens is 3. The Hall–Kier alpha value is -2.51. The second-order valence-electron chi connectivity index (χ2n) is 4.24. The van der Waals surface area contributed by atoms with E-state index in [1.807, 2.05) is 0 Å². The second kappa shape index (κ2) is 5.86. The van der Waals surface area contributed by atoms with E-state index < -0.39 is 17.6 Å². The van der Waals surface area contributed by atoms with Crippen molar-refractivity contribution in [2.75, 3.05) is 0 Å². The number of pyridine rings is 1. The van der Waals surface area contributed by atoms with Gasteiger partial charge >= 0.3 is 6.18 Å². The summed E-state index contributed by atoms with van der Waals surface area (Å²) in [5.41, 5.74) is -0.459. The Morgan fingerprint density at radius 2 is 1.90 bits per heavy atom. The minimum atomic E-state index is -4.44. The average molecular weight is 296 g/mol. The molecule has 0 atom stereocenters. The number of aryl methyl sites for hydroxylation is 1. The zero-order valence-electron chi connectivity index (χ0n) is 11.0. The maximum atomic E-state index is 12.5. The number of nitrogens with zero attached hydrogens (tertiary/aromatic N) is 3. The van der Waals surface area contributed by atoms with Gasteiger partial charge < -0.3 is 5.32 Å². The molecule has 0 aromatic carbocycles. The topological polar surface area (TPSA) is 67.8 Å². The van der Waals surface area contributed by atoms with Gasteiger partial charge in [0.25, 0.3) is 5.91 Å². The zero-order valence-corrected chi connectivity index (χ0v) is 11.0. The number of halogens is 3. The van der Waals surface area contributed by atoms with Crippen molar-refractivity contribution < 1.29 is 18.0 Å².